The van der Waals surface area contributed by atoms with Gasteiger partial charge in [-0.1, -0.05) is 60.5 Å². The Bertz CT molecular complexity index is 1190. The molecule has 0 fully saturated rings. The summed E-state index contributed by atoms with van der Waals surface area (Å²) in [4.78, 5) is 29.4. The first-order chi connectivity index (χ1) is 16.7. The smallest absolute Gasteiger partial charge is 0.309 e. The summed E-state index contributed by atoms with van der Waals surface area (Å²) in [5.74, 6) is -1.77. The Morgan fingerprint density at radius 3 is 2.40 bits per heavy atom. The fourth-order valence-corrected chi connectivity index (χ4v) is 3.86. The van der Waals surface area contributed by atoms with Gasteiger partial charge in [-0.25, -0.2) is 4.98 Å². The predicted octanol–water partition coefficient (Wildman–Crippen LogP) is 6.06. The SMILES string of the molecule is COc1ccnc(C(=O)C[C@@H](C)C(=O)O[C@@H](C)[C@@H](Oc2ccc(Cl)cc2Cl)c2ccccc2)c1O. The number of rotatable bonds is 10. The molecule has 0 aliphatic heterocycles. The van der Waals surface area contributed by atoms with Crippen LogP contribution in [-0.4, -0.2) is 35.1 Å². The molecule has 1 N–H and O–H groups in total. The van der Waals surface area contributed by atoms with Crippen LogP contribution >= 0.6 is 23.2 Å². The molecule has 0 aliphatic carbocycles. The molecule has 0 radical (unpaired) electrons. The summed E-state index contributed by atoms with van der Waals surface area (Å²) in [5, 5.41) is 11.0. The first-order valence-electron chi connectivity index (χ1n) is 10.8. The van der Waals surface area contributed by atoms with Crippen LogP contribution in [0.1, 0.15) is 42.4 Å². The van der Waals surface area contributed by atoms with E-state index in [1.54, 1.807) is 32.0 Å². The molecule has 2 aromatic carbocycles. The first kappa shape index (κ1) is 26.3. The number of halogens is 2. The van der Waals surface area contributed by atoms with Crippen molar-refractivity contribution in [1.82, 2.24) is 4.98 Å². The number of Topliss-reactive ketones (excluding diaryl/α,β-unsaturated/α-hetero) is 1. The van der Waals surface area contributed by atoms with Gasteiger partial charge in [0, 0.05) is 23.7 Å². The molecule has 0 bridgehead atoms. The minimum atomic E-state index is -0.798. The van der Waals surface area contributed by atoms with Crippen molar-refractivity contribution in [2.24, 2.45) is 5.92 Å². The van der Waals surface area contributed by atoms with Crippen LogP contribution in [0.4, 0.5) is 0 Å². The maximum atomic E-state index is 12.8. The summed E-state index contributed by atoms with van der Waals surface area (Å²) < 4.78 is 16.8. The van der Waals surface area contributed by atoms with Crippen molar-refractivity contribution in [2.75, 3.05) is 7.11 Å². The number of benzene rings is 2. The van der Waals surface area contributed by atoms with Gasteiger partial charge < -0.3 is 19.3 Å². The van der Waals surface area contributed by atoms with Crippen LogP contribution in [0.15, 0.2) is 60.8 Å². The highest BCUT2D eigenvalue weighted by Crippen LogP contribution is 2.34. The number of ketones is 1. The monoisotopic (exact) mass is 517 g/mol. The molecule has 9 heteroatoms. The Kier molecular flexibility index (Phi) is 8.95. The maximum absolute atomic E-state index is 12.8. The minimum Gasteiger partial charge on any atom is -0.503 e. The maximum Gasteiger partial charge on any atom is 0.309 e. The molecule has 3 rings (SSSR count). The molecule has 0 saturated heterocycles. The first-order valence-corrected chi connectivity index (χ1v) is 11.6. The third-order valence-corrected chi connectivity index (χ3v) is 5.80. The van der Waals surface area contributed by atoms with Crippen LogP contribution in [-0.2, 0) is 9.53 Å². The zero-order valence-corrected chi connectivity index (χ0v) is 20.9. The average molecular weight is 518 g/mol. The van der Waals surface area contributed by atoms with E-state index in [1.165, 1.54) is 19.4 Å². The summed E-state index contributed by atoms with van der Waals surface area (Å²) in [7, 11) is 1.37. The lowest BCUT2D eigenvalue weighted by Crippen LogP contribution is -2.30. The van der Waals surface area contributed by atoms with Crippen LogP contribution in [0.2, 0.25) is 10.0 Å². The lowest BCUT2D eigenvalue weighted by atomic mass is 10.0. The van der Waals surface area contributed by atoms with Gasteiger partial charge in [0.2, 0.25) is 0 Å². The van der Waals surface area contributed by atoms with Gasteiger partial charge in [-0.05, 0) is 30.7 Å². The molecule has 1 aromatic heterocycles. The molecule has 0 spiro atoms. The normalized spacial score (nSPS) is 13.4. The molecule has 1 heterocycles. The van der Waals surface area contributed by atoms with E-state index in [2.05, 4.69) is 4.98 Å². The van der Waals surface area contributed by atoms with Gasteiger partial charge in [-0.3, -0.25) is 9.59 Å². The van der Waals surface area contributed by atoms with E-state index in [0.717, 1.165) is 5.56 Å². The van der Waals surface area contributed by atoms with Crippen LogP contribution < -0.4 is 9.47 Å². The number of nitrogens with zero attached hydrogens (tertiary/aromatic N) is 1. The number of aromatic nitrogens is 1. The number of hydrogen-bond acceptors (Lipinski definition) is 7. The van der Waals surface area contributed by atoms with E-state index >= 15 is 0 Å². The molecular formula is C26H25Cl2NO6. The van der Waals surface area contributed by atoms with Gasteiger partial charge in [0.1, 0.15) is 11.9 Å². The molecule has 3 aromatic rings. The van der Waals surface area contributed by atoms with E-state index in [4.69, 9.17) is 37.4 Å². The highest BCUT2D eigenvalue weighted by Gasteiger charge is 2.29. The average Bonchev–Trinajstić information content (AvgIpc) is 2.84. The number of hydrogen-bond donors (Lipinski definition) is 1. The van der Waals surface area contributed by atoms with E-state index < -0.39 is 29.9 Å². The Morgan fingerprint density at radius 2 is 1.74 bits per heavy atom. The largest absolute Gasteiger partial charge is 0.503 e. The van der Waals surface area contributed by atoms with Gasteiger partial charge in [0.15, 0.2) is 29.1 Å². The molecular weight excluding hydrogens is 493 g/mol. The van der Waals surface area contributed by atoms with Gasteiger partial charge in [-0.2, -0.15) is 0 Å². The topological polar surface area (TPSA) is 95.0 Å². The van der Waals surface area contributed by atoms with Crippen molar-refractivity contribution >= 4 is 35.0 Å². The molecule has 7 nitrogen and oxygen atoms in total. The number of pyridine rings is 1. The van der Waals surface area contributed by atoms with E-state index in [0.29, 0.717) is 15.8 Å². The number of aromatic hydroxyl groups is 1. The highest BCUT2D eigenvalue weighted by molar-refractivity contribution is 6.35. The van der Waals surface area contributed by atoms with Crippen LogP contribution in [0.25, 0.3) is 0 Å². The Morgan fingerprint density at radius 1 is 1.03 bits per heavy atom. The second kappa shape index (κ2) is 11.9. The van der Waals surface area contributed by atoms with Crippen molar-refractivity contribution in [3.8, 4) is 17.2 Å². The fraction of sp³-hybridized carbons (Fsp3) is 0.269. The molecule has 0 saturated carbocycles. The summed E-state index contributed by atoms with van der Waals surface area (Å²) in [6.07, 6.45) is -0.261. The Hall–Kier alpha value is -3.29. The summed E-state index contributed by atoms with van der Waals surface area (Å²) in [5.41, 5.74) is 0.605. The molecule has 3 atom stereocenters. The van der Waals surface area contributed by atoms with E-state index in [-0.39, 0.29) is 23.6 Å². The third kappa shape index (κ3) is 6.65. The number of methoxy groups -OCH3 is 1. The van der Waals surface area contributed by atoms with Gasteiger partial charge in [0.25, 0.3) is 0 Å². The molecule has 184 valence electrons. The van der Waals surface area contributed by atoms with Gasteiger partial charge in [0.05, 0.1) is 18.1 Å². The van der Waals surface area contributed by atoms with Crippen LogP contribution in [0.3, 0.4) is 0 Å². The summed E-state index contributed by atoms with van der Waals surface area (Å²) >= 11 is 12.3. The lowest BCUT2D eigenvalue weighted by molar-refractivity contribution is -0.157. The Balaban J connectivity index is 1.73. The van der Waals surface area contributed by atoms with Crippen LogP contribution in [0.5, 0.6) is 17.2 Å². The van der Waals surface area contributed by atoms with Crippen molar-refractivity contribution in [2.45, 2.75) is 32.5 Å². The molecule has 0 unspecified atom stereocenters. The minimum absolute atomic E-state index is 0.121. The van der Waals surface area contributed by atoms with Crippen molar-refractivity contribution < 1.29 is 28.9 Å². The summed E-state index contributed by atoms with van der Waals surface area (Å²) in [6.45, 7) is 3.27. The van der Waals surface area contributed by atoms with Crippen LogP contribution in [0, 0.1) is 5.92 Å². The second-order valence-electron chi connectivity index (χ2n) is 7.90. The number of carbonyl (C=O) groups excluding carboxylic acids is 2. The molecule has 0 aliphatic rings. The number of carbonyl (C=O) groups is 2. The number of ether oxygens (including phenoxy) is 3. The number of esters is 1. The standard InChI is InChI=1S/C26H25Cl2NO6/c1-15(13-20(30)23-24(31)22(33-3)11-12-29-23)26(32)34-16(2)25(17-7-5-4-6-8-17)35-21-10-9-18(27)14-19(21)28/h4-12,14-16,25,31H,13H2,1-3H3/t15-,16+,25-/m1/s1. The Labute approximate surface area is 213 Å². The molecule has 35 heavy (non-hydrogen) atoms. The van der Waals surface area contributed by atoms with Crippen molar-refractivity contribution in [3.05, 3.63) is 82.1 Å². The van der Waals surface area contributed by atoms with Gasteiger partial charge in [-0.15, -0.1) is 0 Å². The fourth-order valence-electron chi connectivity index (χ4n) is 3.41. The quantitative estimate of drug-likeness (QED) is 0.257. The zero-order valence-electron chi connectivity index (χ0n) is 19.4. The van der Waals surface area contributed by atoms with Crippen molar-refractivity contribution in [3.63, 3.8) is 0 Å². The van der Waals surface area contributed by atoms with E-state index in [1.807, 2.05) is 30.3 Å². The molecule has 0 amide bonds. The third-order valence-electron chi connectivity index (χ3n) is 5.27. The predicted molar refractivity (Wildman–Crippen MR) is 132 cm³/mol. The van der Waals surface area contributed by atoms with Gasteiger partial charge >= 0.3 is 5.97 Å². The summed E-state index contributed by atoms with van der Waals surface area (Å²) in [6, 6.07) is 15.5. The highest BCUT2D eigenvalue weighted by atomic mass is 35.5. The second-order valence-corrected chi connectivity index (χ2v) is 8.75. The van der Waals surface area contributed by atoms with Crippen molar-refractivity contribution in [1.29, 1.82) is 0 Å². The van der Waals surface area contributed by atoms with E-state index in [9.17, 15) is 14.7 Å². The zero-order chi connectivity index (χ0) is 25.5. The lowest BCUT2D eigenvalue weighted by Gasteiger charge is -2.27.